The van der Waals surface area contributed by atoms with Crippen molar-refractivity contribution in [3.8, 4) is 11.5 Å². The van der Waals surface area contributed by atoms with Crippen LogP contribution in [-0.4, -0.2) is 24.1 Å². The van der Waals surface area contributed by atoms with Crippen molar-refractivity contribution < 1.29 is 23.0 Å². The number of hydrogen-bond donors (Lipinski definition) is 1. The van der Waals surface area contributed by atoms with Crippen molar-refractivity contribution in [2.24, 2.45) is 5.92 Å². The molecule has 1 aliphatic rings. The van der Waals surface area contributed by atoms with Gasteiger partial charge in [0.1, 0.15) is 0 Å². The summed E-state index contributed by atoms with van der Waals surface area (Å²) in [4.78, 5) is 16.2. The molecule has 1 heterocycles. The van der Waals surface area contributed by atoms with E-state index in [1.54, 1.807) is 0 Å². The molecule has 0 bridgehead atoms. The summed E-state index contributed by atoms with van der Waals surface area (Å²) in [6.07, 6.45) is 4.68. The fourth-order valence-electron chi connectivity index (χ4n) is 2.21. The molecule has 1 saturated carbocycles. The zero-order chi connectivity index (χ0) is 18.7. The minimum atomic E-state index is -2.98. The predicted molar refractivity (Wildman–Crippen MR) is 93.5 cm³/mol. The van der Waals surface area contributed by atoms with Crippen molar-refractivity contribution in [3.63, 3.8) is 0 Å². The Morgan fingerprint density at radius 3 is 2.54 bits per heavy atom. The Labute approximate surface area is 158 Å². The molecule has 1 fully saturated rings. The van der Waals surface area contributed by atoms with Crippen LogP contribution in [0.1, 0.15) is 23.2 Å². The van der Waals surface area contributed by atoms with Crippen molar-refractivity contribution in [1.29, 1.82) is 0 Å². The highest BCUT2D eigenvalue weighted by atomic mass is 35.5. The Morgan fingerprint density at radius 2 is 1.92 bits per heavy atom. The van der Waals surface area contributed by atoms with Crippen LogP contribution >= 0.6 is 23.2 Å². The number of alkyl halides is 2. The summed E-state index contributed by atoms with van der Waals surface area (Å²) in [6.45, 7) is -2.58. The number of hydrogen-bond acceptors (Lipinski definition) is 4. The van der Waals surface area contributed by atoms with E-state index < -0.39 is 12.5 Å². The van der Waals surface area contributed by atoms with Gasteiger partial charge in [-0.2, -0.15) is 8.78 Å². The molecule has 0 atom stereocenters. The summed E-state index contributed by atoms with van der Waals surface area (Å²) in [5.74, 6) is -0.110. The SMILES string of the molecule is O=C(Nc1ccc(OC(F)F)c(OCC2CC2)c1)c1c(Cl)cncc1Cl. The molecule has 0 aliphatic heterocycles. The molecule has 3 rings (SSSR count). The fourth-order valence-corrected chi connectivity index (χ4v) is 2.74. The first-order chi connectivity index (χ1) is 12.4. The summed E-state index contributed by atoms with van der Waals surface area (Å²) in [5.41, 5.74) is 0.392. The molecule has 0 radical (unpaired) electrons. The Balaban J connectivity index is 1.80. The average molecular weight is 403 g/mol. The Bertz CT molecular complexity index is 796. The van der Waals surface area contributed by atoms with Crippen LogP contribution in [0.25, 0.3) is 0 Å². The van der Waals surface area contributed by atoms with Crippen LogP contribution in [0.3, 0.4) is 0 Å². The van der Waals surface area contributed by atoms with E-state index in [1.165, 1.54) is 30.6 Å². The molecular formula is C17H14Cl2F2N2O3. The number of anilines is 1. The lowest BCUT2D eigenvalue weighted by Gasteiger charge is -2.14. The molecule has 9 heteroatoms. The van der Waals surface area contributed by atoms with E-state index in [0.29, 0.717) is 18.2 Å². The fraction of sp³-hybridized carbons (Fsp3) is 0.294. The van der Waals surface area contributed by atoms with Crippen molar-refractivity contribution in [1.82, 2.24) is 4.98 Å². The quantitative estimate of drug-likeness (QED) is 0.705. The van der Waals surface area contributed by atoms with Crippen molar-refractivity contribution in [2.75, 3.05) is 11.9 Å². The van der Waals surface area contributed by atoms with Crippen molar-refractivity contribution >= 4 is 34.8 Å². The monoisotopic (exact) mass is 402 g/mol. The second-order valence-corrected chi connectivity index (χ2v) is 6.54. The zero-order valence-electron chi connectivity index (χ0n) is 13.3. The number of rotatable bonds is 7. The maximum atomic E-state index is 12.5. The Morgan fingerprint density at radius 1 is 1.23 bits per heavy atom. The highest BCUT2D eigenvalue weighted by Crippen LogP contribution is 2.35. The van der Waals surface area contributed by atoms with Crippen molar-refractivity contribution in [2.45, 2.75) is 19.5 Å². The van der Waals surface area contributed by atoms with Gasteiger partial charge in [-0.3, -0.25) is 9.78 Å². The third-order valence-electron chi connectivity index (χ3n) is 3.67. The first-order valence-electron chi connectivity index (χ1n) is 7.76. The Hall–Kier alpha value is -2.12. The molecule has 1 aromatic heterocycles. The molecule has 138 valence electrons. The normalized spacial score (nSPS) is 13.6. The van der Waals surface area contributed by atoms with Gasteiger partial charge in [0.05, 0.1) is 22.2 Å². The summed E-state index contributed by atoms with van der Waals surface area (Å²) >= 11 is 11.9. The van der Waals surface area contributed by atoms with Gasteiger partial charge in [0.25, 0.3) is 5.91 Å². The number of carbonyl (C=O) groups excluding carboxylic acids is 1. The minimum absolute atomic E-state index is 0.0664. The number of nitrogens with zero attached hydrogens (tertiary/aromatic N) is 1. The summed E-state index contributed by atoms with van der Waals surface area (Å²) in [5, 5.41) is 2.80. The van der Waals surface area contributed by atoms with Gasteiger partial charge in [-0.1, -0.05) is 23.2 Å². The first-order valence-corrected chi connectivity index (χ1v) is 8.51. The van der Waals surface area contributed by atoms with Crippen LogP contribution in [0.15, 0.2) is 30.6 Å². The molecule has 1 N–H and O–H groups in total. The second kappa shape index (κ2) is 8.05. The third kappa shape index (κ3) is 4.74. The molecule has 5 nitrogen and oxygen atoms in total. The topological polar surface area (TPSA) is 60.5 Å². The van der Waals surface area contributed by atoms with Crippen molar-refractivity contribution in [3.05, 3.63) is 46.2 Å². The van der Waals surface area contributed by atoms with E-state index in [1.807, 2.05) is 0 Å². The van der Waals surface area contributed by atoms with Gasteiger partial charge in [0.2, 0.25) is 0 Å². The number of amides is 1. The maximum absolute atomic E-state index is 12.5. The number of benzene rings is 1. The second-order valence-electron chi connectivity index (χ2n) is 5.73. The predicted octanol–water partition coefficient (Wildman–Crippen LogP) is 5.03. The molecule has 2 aromatic rings. The molecule has 0 spiro atoms. The number of nitrogens with one attached hydrogen (secondary N) is 1. The van der Waals surface area contributed by atoms with E-state index >= 15 is 0 Å². The lowest BCUT2D eigenvalue weighted by molar-refractivity contribution is -0.0515. The van der Waals surface area contributed by atoms with Gasteiger partial charge >= 0.3 is 6.61 Å². The van der Waals surface area contributed by atoms with Gasteiger partial charge in [0.15, 0.2) is 11.5 Å². The van der Waals surface area contributed by atoms with E-state index in [0.717, 1.165) is 12.8 Å². The van der Waals surface area contributed by atoms with E-state index in [4.69, 9.17) is 27.9 Å². The summed E-state index contributed by atoms with van der Waals surface area (Å²) in [7, 11) is 0. The van der Waals surface area contributed by atoms with E-state index in [9.17, 15) is 13.6 Å². The maximum Gasteiger partial charge on any atom is 0.387 e. The van der Waals surface area contributed by atoms with Gasteiger partial charge < -0.3 is 14.8 Å². The molecule has 1 amide bonds. The molecular weight excluding hydrogens is 389 g/mol. The average Bonchev–Trinajstić information content (AvgIpc) is 3.38. The molecule has 26 heavy (non-hydrogen) atoms. The highest BCUT2D eigenvalue weighted by molar-refractivity contribution is 6.40. The highest BCUT2D eigenvalue weighted by Gasteiger charge is 2.23. The number of halogens is 4. The molecule has 1 aliphatic carbocycles. The van der Waals surface area contributed by atoms with Gasteiger partial charge in [-0.25, -0.2) is 0 Å². The minimum Gasteiger partial charge on any atom is -0.489 e. The smallest absolute Gasteiger partial charge is 0.387 e. The lowest BCUT2D eigenvalue weighted by Crippen LogP contribution is -2.14. The molecule has 0 unspecified atom stereocenters. The van der Waals surface area contributed by atoms with Crippen LogP contribution < -0.4 is 14.8 Å². The first kappa shape index (κ1) is 18.7. The number of aromatic nitrogens is 1. The Kier molecular flexibility index (Phi) is 5.78. The standard InChI is InChI=1S/C17H14Cl2F2N2O3/c18-11-6-22-7-12(19)15(11)16(24)23-10-3-4-13(26-17(20)21)14(5-10)25-8-9-1-2-9/h3-7,9,17H,1-2,8H2,(H,23,24). The number of carbonyl (C=O) groups is 1. The largest absolute Gasteiger partial charge is 0.489 e. The third-order valence-corrected chi connectivity index (χ3v) is 4.24. The zero-order valence-corrected chi connectivity index (χ0v) is 14.9. The van der Waals surface area contributed by atoms with E-state index in [-0.39, 0.29) is 27.1 Å². The van der Waals surface area contributed by atoms with Crippen LogP contribution in [-0.2, 0) is 0 Å². The molecule has 0 saturated heterocycles. The van der Waals surface area contributed by atoms with Crippen LogP contribution in [0.2, 0.25) is 10.0 Å². The number of ether oxygens (including phenoxy) is 2. The van der Waals surface area contributed by atoms with E-state index in [2.05, 4.69) is 15.0 Å². The molecule has 1 aromatic carbocycles. The van der Waals surface area contributed by atoms with Gasteiger partial charge in [-0.15, -0.1) is 0 Å². The van der Waals surface area contributed by atoms with Gasteiger partial charge in [-0.05, 0) is 30.9 Å². The van der Waals surface area contributed by atoms with Crippen LogP contribution in [0, 0.1) is 5.92 Å². The summed E-state index contributed by atoms with van der Waals surface area (Å²) < 4.78 is 35.1. The summed E-state index contributed by atoms with van der Waals surface area (Å²) in [6, 6.07) is 4.14. The van der Waals surface area contributed by atoms with Crippen LogP contribution in [0.4, 0.5) is 14.5 Å². The van der Waals surface area contributed by atoms with Gasteiger partial charge in [0, 0.05) is 24.1 Å². The van der Waals surface area contributed by atoms with Crippen LogP contribution in [0.5, 0.6) is 11.5 Å². The number of pyridine rings is 1. The lowest BCUT2D eigenvalue weighted by atomic mass is 10.2.